The molecular formula is C9H13FN2O. The average molecular weight is 184 g/mol. The maximum atomic E-state index is 13.2. The van der Waals surface area contributed by atoms with E-state index in [1.807, 2.05) is 0 Å². The second-order valence-corrected chi connectivity index (χ2v) is 3.43. The molecule has 0 saturated heterocycles. The van der Waals surface area contributed by atoms with Gasteiger partial charge in [-0.2, -0.15) is 4.39 Å². The Bertz CT molecular complexity index is 312. The number of nitrogens with two attached hydrogens (primary N) is 1. The van der Waals surface area contributed by atoms with Crippen LogP contribution in [0.2, 0.25) is 0 Å². The molecule has 0 radical (unpaired) electrons. The summed E-state index contributed by atoms with van der Waals surface area (Å²) in [5.74, 6) is -0.621. The van der Waals surface area contributed by atoms with E-state index in [2.05, 4.69) is 4.98 Å². The minimum absolute atomic E-state index is 0.245. The van der Waals surface area contributed by atoms with Crippen molar-refractivity contribution in [1.29, 1.82) is 0 Å². The third-order valence-corrected chi connectivity index (χ3v) is 1.92. The number of hydrogen-bond acceptors (Lipinski definition) is 3. The number of rotatable bonds is 2. The highest BCUT2D eigenvalue weighted by molar-refractivity contribution is 5.25. The van der Waals surface area contributed by atoms with Crippen molar-refractivity contribution in [2.24, 2.45) is 5.73 Å². The van der Waals surface area contributed by atoms with Gasteiger partial charge in [0.25, 0.3) is 0 Å². The van der Waals surface area contributed by atoms with Gasteiger partial charge in [-0.15, -0.1) is 0 Å². The van der Waals surface area contributed by atoms with Gasteiger partial charge in [0.05, 0.1) is 12.1 Å². The number of aromatic nitrogens is 1. The van der Waals surface area contributed by atoms with Gasteiger partial charge < -0.3 is 10.8 Å². The monoisotopic (exact) mass is 184 g/mol. The van der Waals surface area contributed by atoms with Crippen LogP contribution in [0.5, 0.6) is 0 Å². The van der Waals surface area contributed by atoms with Crippen LogP contribution in [0.3, 0.4) is 0 Å². The highest BCUT2D eigenvalue weighted by Crippen LogP contribution is 2.19. The molecule has 3 nitrogen and oxygen atoms in total. The van der Waals surface area contributed by atoms with Crippen molar-refractivity contribution in [2.45, 2.75) is 19.4 Å². The Hall–Kier alpha value is -1.00. The molecule has 0 bridgehead atoms. The third-order valence-electron chi connectivity index (χ3n) is 1.92. The minimum atomic E-state index is -1.07. The zero-order valence-corrected chi connectivity index (χ0v) is 7.71. The molecule has 0 aliphatic rings. The molecule has 1 rings (SSSR count). The van der Waals surface area contributed by atoms with Crippen molar-refractivity contribution >= 4 is 0 Å². The molecule has 0 spiro atoms. The number of nitrogens with zero attached hydrogens (tertiary/aromatic N) is 1. The summed E-state index contributed by atoms with van der Waals surface area (Å²) in [7, 11) is 0. The first-order chi connectivity index (χ1) is 5.97. The van der Waals surface area contributed by atoms with Gasteiger partial charge in [0, 0.05) is 11.8 Å². The van der Waals surface area contributed by atoms with Crippen LogP contribution in [-0.4, -0.2) is 16.7 Å². The normalized spacial score (nSPS) is 15.5. The molecular weight excluding hydrogens is 171 g/mol. The Morgan fingerprint density at radius 1 is 1.69 bits per heavy atom. The number of aryl methyl sites for hydroxylation is 1. The SMILES string of the molecule is Cc1cnc(F)c([C@@](C)(N)CO)c1. The van der Waals surface area contributed by atoms with Crippen molar-refractivity contribution in [3.63, 3.8) is 0 Å². The molecule has 0 unspecified atom stereocenters. The van der Waals surface area contributed by atoms with Crippen molar-refractivity contribution in [2.75, 3.05) is 6.61 Å². The predicted molar refractivity (Wildman–Crippen MR) is 47.6 cm³/mol. The highest BCUT2D eigenvalue weighted by Gasteiger charge is 2.24. The standard InChI is InChI=1S/C9H13FN2O/c1-6-3-7(8(10)12-4-6)9(2,11)5-13/h3-4,13H,5,11H2,1-2H3/t9-/m0/s1. The van der Waals surface area contributed by atoms with Gasteiger partial charge in [-0.25, -0.2) is 4.98 Å². The van der Waals surface area contributed by atoms with Gasteiger partial charge in [-0.3, -0.25) is 0 Å². The van der Waals surface area contributed by atoms with Crippen LogP contribution in [0.1, 0.15) is 18.1 Å². The van der Waals surface area contributed by atoms with E-state index in [-0.39, 0.29) is 12.2 Å². The Morgan fingerprint density at radius 2 is 2.31 bits per heavy atom. The van der Waals surface area contributed by atoms with Gasteiger partial charge in [-0.1, -0.05) is 0 Å². The quantitative estimate of drug-likeness (QED) is 0.665. The molecule has 3 N–H and O–H groups in total. The summed E-state index contributed by atoms with van der Waals surface area (Å²) in [6.07, 6.45) is 1.42. The third kappa shape index (κ3) is 2.02. The molecule has 13 heavy (non-hydrogen) atoms. The zero-order chi connectivity index (χ0) is 10.1. The molecule has 1 aromatic rings. The van der Waals surface area contributed by atoms with Gasteiger partial charge in [0.15, 0.2) is 0 Å². The molecule has 0 aromatic carbocycles. The Labute approximate surface area is 76.4 Å². The van der Waals surface area contributed by atoms with Crippen LogP contribution in [0, 0.1) is 12.9 Å². The van der Waals surface area contributed by atoms with E-state index in [0.29, 0.717) is 0 Å². The largest absolute Gasteiger partial charge is 0.394 e. The van der Waals surface area contributed by atoms with E-state index >= 15 is 0 Å². The smallest absolute Gasteiger partial charge is 0.217 e. The molecule has 0 amide bonds. The predicted octanol–water partition coefficient (Wildman–Crippen LogP) is 0.695. The first kappa shape index (κ1) is 10.1. The molecule has 0 fully saturated rings. The number of hydrogen-bond donors (Lipinski definition) is 2. The number of halogens is 1. The van der Waals surface area contributed by atoms with Crippen LogP contribution in [0.15, 0.2) is 12.3 Å². The average Bonchev–Trinajstić information content (AvgIpc) is 2.09. The lowest BCUT2D eigenvalue weighted by atomic mass is 9.94. The first-order valence-electron chi connectivity index (χ1n) is 4.00. The highest BCUT2D eigenvalue weighted by atomic mass is 19.1. The molecule has 72 valence electrons. The summed E-state index contributed by atoms with van der Waals surface area (Å²) in [5.41, 5.74) is 5.68. The van der Waals surface area contributed by atoms with Crippen LogP contribution < -0.4 is 5.73 Å². The van der Waals surface area contributed by atoms with E-state index in [1.165, 1.54) is 6.20 Å². The van der Waals surface area contributed by atoms with Gasteiger partial charge in [0.1, 0.15) is 0 Å². The lowest BCUT2D eigenvalue weighted by molar-refractivity contribution is 0.205. The lowest BCUT2D eigenvalue weighted by Crippen LogP contribution is -2.38. The topological polar surface area (TPSA) is 59.1 Å². The van der Waals surface area contributed by atoms with Crippen LogP contribution in [0.25, 0.3) is 0 Å². The van der Waals surface area contributed by atoms with Gasteiger partial charge in [0.2, 0.25) is 5.95 Å². The summed E-state index contributed by atoms with van der Waals surface area (Å²) in [6, 6.07) is 1.60. The molecule has 1 aromatic heterocycles. The second kappa shape index (κ2) is 3.40. The van der Waals surface area contributed by atoms with Crippen LogP contribution in [0.4, 0.5) is 4.39 Å². The van der Waals surface area contributed by atoms with Crippen molar-refractivity contribution in [3.05, 3.63) is 29.3 Å². The number of pyridine rings is 1. The van der Waals surface area contributed by atoms with Crippen molar-refractivity contribution in [1.82, 2.24) is 4.98 Å². The molecule has 0 saturated carbocycles. The summed E-state index contributed by atoms with van der Waals surface area (Å²) in [5, 5.41) is 8.94. The summed E-state index contributed by atoms with van der Waals surface area (Å²) in [4.78, 5) is 3.54. The first-order valence-corrected chi connectivity index (χ1v) is 4.00. The van der Waals surface area contributed by atoms with E-state index in [4.69, 9.17) is 10.8 Å². The Balaban J connectivity index is 3.20. The molecule has 1 heterocycles. The van der Waals surface area contributed by atoms with E-state index < -0.39 is 11.5 Å². The Kier molecular flexibility index (Phi) is 2.63. The maximum absolute atomic E-state index is 13.2. The van der Waals surface area contributed by atoms with Gasteiger partial charge >= 0.3 is 0 Å². The zero-order valence-electron chi connectivity index (χ0n) is 7.71. The molecule has 1 atom stereocenters. The van der Waals surface area contributed by atoms with Crippen LogP contribution in [-0.2, 0) is 5.54 Å². The molecule has 0 aliphatic heterocycles. The number of aliphatic hydroxyl groups excluding tert-OH is 1. The molecule has 0 aliphatic carbocycles. The van der Waals surface area contributed by atoms with Crippen molar-refractivity contribution in [3.8, 4) is 0 Å². The van der Waals surface area contributed by atoms with Crippen LogP contribution >= 0.6 is 0 Å². The number of aliphatic hydroxyl groups is 1. The van der Waals surface area contributed by atoms with Crippen molar-refractivity contribution < 1.29 is 9.50 Å². The summed E-state index contributed by atoms with van der Waals surface area (Å²) >= 11 is 0. The lowest BCUT2D eigenvalue weighted by Gasteiger charge is -2.22. The van der Waals surface area contributed by atoms with E-state index in [1.54, 1.807) is 19.9 Å². The second-order valence-electron chi connectivity index (χ2n) is 3.43. The van der Waals surface area contributed by atoms with E-state index in [0.717, 1.165) is 5.56 Å². The molecule has 4 heteroatoms. The van der Waals surface area contributed by atoms with Gasteiger partial charge in [-0.05, 0) is 25.5 Å². The fourth-order valence-electron chi connectivity index (χ4n) is 1.04. The fourth-order valence-corrected chi connectivity index (χ4v) is 1.04. The summed E-state index contributed by atoms with van der Waals surface area (Å²) in [6.45, 7) is 3.05. The summed E-state index contributed by atoms with van der Waals surface area (Å²) < 4.78 is 13.2. The fraction of sp³-hybridized carbons (Fsp3) is 0.444. The minimum Gasteiger partial charge on any atom is -0.394 e. The Morgan fingerprint density at radius 3 is 2.85 bits per heavy atom. The van der Waals surface area contributed by atoms with E-state index in [9.17, 15) is 4.39 Å². The maximum Gasteiger partial charge on any atom is 0.217 e.